The second-order valence-electron chi connectivity index (χ2n) is 5.41. The number of hydrogen-bond donors (Lipinski definition) is 1. The van der Waals surface area contributed by atoms with Crippen molar-refractivity contribution in [2.45, 2.75) is 28.0 Å². The average Bonchev–Trinajstić information content (AvgIpc) is 3.34. The van der Waals surface area contributed by atoms with Gasteiger partial charge in [0.1, 0.15) is 5.76 Å². The normalized spacial score (nSPS) is 15.7. The van der Waals surface area contributed by atoms with E-state index >= 15 is 0 Å². The van der Waals surface area contributed by atoms with Gasteiger partial charge in [0, 0.05) is 26.7 Å². The van der Waals surface area contributed by atoms with Gasteiger partial charge in [0.2, 0.25) is 10.2 Å². The Labute approximate surface area is 155 Å². The summed E-state index contributed by atoms with van der Waals surface area (Å²) in [5.41, 5.74) is 0. The predicted molar refractivity (Wildman–Crippen MR) is 96.5 cm³/mol. The van der Waals surface area contributed by atoms with E-state index in [0.717, 1.165) is 22.3 Å². The SMILES string of the molecule is COCCNc1nnc(SCc2ccc(S(=O)(=O)N3CCCC3)o2)s1. The molecule has 0 aromatic carbocycles. The van der Waals surface area contributed by atoms with Gasteiger partial charge >= 0.3 is 0 Å². The fraction of sp³-hybridized carbons (Fsp3) is 0.571. The van der Waals surface area contributed by atoms with Crippen LogP contribution >= 0.6 is 23.1 Å². The van der Waals surface area contributed by atoms with E-state index in [-0.39, 0.29) is 5.09 Å². The Hall–Kier alpha value is -1.14. The quantitative estimate of drug-likeness (QED) is 0.502. The molecule has 0 radical (unpaired) electrons. The zero-order valence-electron chi connectivity index (χ0n) is 13.8. The largest absolute Gasteiger partial charge is 0.447 e. The number of ether oxygens (including phenoxy) is 1. The van der Waals surface area contributed by atoms with Crippen LogP contribution in [0.2, 0.25) is 0 Å². The number of sulfonamides is 1. The molecule has 138 valence electrons. The first-order chi connectivity index (χ1) is 12.1. The van der Waals surface area contributed by atoms with Crippen LogP contribution < -0.4 is 5.32 Å². The van der Waals surface area contributed by atoms with E-state index in [9.17, 15) is 8.42 Å². The summed E-state index contributed by atoms with van der Waals surface area (Å²) in [6, 6.07) is 3.23. The third-order valence-electron chi connectivity index (χ3n) is 3.62. The van der Waals surface area contributed by atoms with Crippen LogP contribution in [-0.2, 0) is 20.5 Å². The minimum Gasteiger partial charge on any atom is -0.447 e. The Morgan fingerprint density at radius 3 is 2.92 bits per heavy atom. The van der Waals surface area contributed by atoms with Crippen molar-refractivity contribution >= 4 is 38.3 Å². The van der Waals surface area contributed by atoms with E-state index in [1.165, 1.54) is 33.5 Å². The Morgan fingerprint density at radius 2 is 2.16 bits per heavy atom. The maximum Gasteiger partial charge on any atom is 0.276 e. The van der Waals surface area contributed by atoms with E-state index in [4.69, 9.17) is 9.15 Å². The topological polar surface area (TPSA) is 97.6 Å². The van der Waals surface area contributed by atoms with Crippen LogP contribution in [0.1, 0.15) is 18.6 Å². The van der Waals surface area contributed by atoms with Crippen molar-refractivity contribution in [2.75, 3.05) is 38.7 Å². The minimum absolute atomic E-state index is 0.0178. The van der Waals surface area contributed by atoms with Crippen LogP contribution in [-0.4, -0.2) is 56.3 Å². The standard InChI is InChI=1S/C14H20N4O4S3/c1-21-9-6-15-13-16-17-14(24-13)23-10-11-4-5-12(22-11)25(19,20)18-7-2-3-8-18/h4-5H,2-3,6-10H2,1H3,(H,15,16). The van der Waals surface area contributed by atoms with Crippen molar-refractivity contribution in [1.82, 2.24) is 14.5 Å². The molecule has 0 spiro atoms. The second kappa shape index (κ2) is 8.49. The van der Waals surface area contributed by atoms with Crippen molar-refractivity contribution in [1.29, 1.82) is 0 Å². The van der Waals surface area contributed by atoms with Crippen LogP contribution in [0.3, 0.4) is 0 Å². The van der Waals surface area contributed by atoms with Crippen LogP contribution in [0, 0.1) is 0 Å². The van der Waals surface area contributed by atoms with Gasteiger partial charge in [0.25, 0.3) is 10.0 Å². The predicted octanol–water partition coefficient (Wildman–Crippen LogP) is 2.27. The summed E-state index contributed by atoms with van der Waals surface area (Å²) < 4.78 is 37.7. The van der Waals surface area contributed by atoms with Crippen LogP contribution in [0.4, 0.5) is 5.13 Å². The highest BCUT2D eigenvalue weighted by Gasteiger charge is 2.29. The van der Waals surface area contributed by atoms with Crippen LogP contribution in [0.25, 0.3) is 0 Å². The average molecular weight is 405 g/mol. The number of thioether (sulfide) groups is 1. The molecule has 1 saturated heterocycles. The Bertz CT molecular complexity index is 784. The first-order valence-electron chi connectivity index (χ1n) is 7.87. The zero-order valence-corrected chi connectivity index (χ0v) is 16.3. The molecule has 2 aromatic rings. The van der Waals surface area contributed by atoms with Gasteiger partial charge < -0.3 is 14.5 Å². The number of hydrogen-bond acceptors (Lipinski definition) is 9. The number of aromatic nitrogens is 2. The summed E-state index contributed by atoms with van der Waals surface area (Å²) in [5.74, 6) is 1.11. The van der Waals surface area contributed by atoms with Crippen LogP contribution in [0.15, 0.2) is 26.0 Å². The van der Waals surface area contributed by atoms with Crippen molar-refractivity contribution in [2.24, 2.45) is 0 Å². The third-order valence-corrected chi connectivity index (χ3v) is 7.43. The molecule has 2 aromatic heterocycles. The fourth-order valence-corrected chi connectivity index (χ4v) is 5.48. The molecule has 1 fully saturated rings. The molecular weight excluding hydrogens is 384 g/mol. The van der Waals surface area contributed by atoms with Crippen molar-refractivity contribution < 1.29 is 17.6 Å². The van der Waals surface area contributed by atoms with Crippen molar-refractivity contribution in [3.05, 3.63) is 17.9 Å². The van der Waals surface area contributed by atoms with E-state index in [1.807, 2.05) is 0 Å². The molecule has 0 aliphatic carbocycles. The minimum atomic E-state index is -3.50. The molecule has 0 unspecified atom stereocenters. The van der Waals surface area contributed by atoms with E-state index in [2.05, 4.69) is 15.5 Å². The maximum absolute atomic E-state index is 12.4. The molecule has 0 amide bonds. The number of methoxy groups -OCH3 is 1. The van der Waals surface area contributed by atoms with Crippen molar-refractivity contribution in [3.63, 3.8) is 0 Å². The van der Waals surface area contributed by atoms with E-state index < -0.39 is 10.0 Å². The van der Waals surface area contributed by atoms with Crippen LogP contribution in [0.5, 0.6) is 0 Å². The smallest absolute Gasteiger partial charge is 0.276 e. The highest BCUT2D eigenvalue weighted by Crippen LogP contribution is 2.30. The molecule has 8 nitrogen and oxygen atoms in total. The highest BCUT2D eigenvalue weighted by molar-refractivity contribution is 8.00. The summed E-state index contributed by atoms with van der Waals surface area (Å²) in [7, 11) is -1.86. The lowest BCUT2D eigenvalue weighted by Gasteiger charge is -2.12. The molecule has 11 heteroatoms. The number of rotatable bonds is 9. The monoisotopic (exact) mass is 404 g/mol. The lowest BCUT2D eigenvalue weighted by atomic mass is 10.4. The van der Waals surface area contributed by atoms with Gasteiger partial charge in [0.15, 0.2) is 4.34 Å². The molecular formula is C14H20N4O4S3. The summed E-state index contributed by atoms with van der Waals surface area (Å²) in [5, 5.41) is 12.0. The second-order valence-corrected chi connectivity index (χ2v) is 9.48. The molecule has 0 atom stereocenters. The molecule has 25 heavy (non-hydrogen) atoms. The fourth-order valence-electron chi connectivity index (χ4n) is 2.36. The Kier molecular flexibility index (Phi) is 6.34. The molecule has 0 saturated carbocycles. The van der Waals surface area contributed by atoms with E-state index in [0.29, 0.717) is 37.8 Å². The van der Waals surface area contributed by atoms with Gasteiger partial charge in [-0.15, -0.1) is 10.2 Å². The molecule has 0 bridgehead atoms. The summed E-state index contributed by atoms with van der Waals surface area (Å²) in [4.78, 5) is 0. The molecule has 1 aliphatic rings. The molecule has 3 heterocycles. The first-order valence-corrected chi connectivity index (χ1v) is 11.1. The third kappa shape index (κ3) is 4.73. The maximum atomic E-state index is 12.4. The Balaban J connectivity index is 1.55. The number of nitrogens with one attached hydrogen (secondary N) is 1. The first kappa shape index (κ1) is 18.6. The van der Waals surface area contributed by atoms with Gasteiger partial charge in [-0.1, -0.05) is 23.1 Å². The highest BCUT2D eigenvalue weighted by atomic mass is 32.2. The number of anilines is 1. The lowest BCUT2D eigenvalue weighted by molar-refractivity contribution is 0.211. The Morgan fingerprint density at radius 1 is 1.36 bits per heavy atom. The van der Waals surface area contributed by atoms with Gasteiger partial charge in [-0.25, -0.2) is 8.42 Å². The molecule has 3 rings (SSSR count). The zero-order chi connectivity index (χ0) is 17.7. The van der Waals surface area contributed by atoms with Gasteiger partial charge in [-0.05, 0) is 25.0 Å². The summed E-state index contributed by atoms with van der Waals surface area (Å²) in [6.07, 6.45) is 1.81. The number of nitrogens with zero attached hydrogens (tertiary/aromatic N) is 3. The summed E-state index contributed by atoms with van der Waals surface area (Å²) >= 11 is 2.90. The van der Waals surface area contributed by atoms with Gasteiger partial charge in [0.05, 0.1) is 12.4 Å². The molecule has 1 aliphatic heterocycles. The van der Waals surface area contributed by atoms with E-state index in [1.54, 1.807) is 13.2 Å². The van der Waals surface area contributed by atoms with Crippen molar-refractivity contribution in [3.8, 4) is 0 Å². The lowest BCUT2D eigenvalue weighted by Crippen LogP contribution is -2.27. The number of furan rings is 1. The molecule has 1 N–H and O–H groups in total. The van der Waals surface area contributed by atoms with Gasteiger partial charge in [-0.3, -0.25) is 0 Å². The van der Waals surface area contributed by atoms with Gasteiger partial charge in [-0.2, -0.15) is 4.31 Å². The summed E-state index contributed by atoms with van der Waals surface area (Å²) in [6.45, 7) is 2.40.